The quantitative estimate of drug-likeness (QED) is 0.153. The first-order valence-corrected chi connectivity index (χ1v) is 13.2. The number of rotatable bonds is 9. The van der Waals surface area contributed by atoms with Crippen molar-refractivity contribution < 1.29 is 23.8 Å². The summed E-state index contributed by atoms with van der Waals surface area (Å²) >= 11 is 0. The molecular weight excluding hydrogens is 476 g/mol. The van der Waals surface area contributed by atoms with E-state index in [2.05, 4.69) is 12.1 Å². The van der Waals surface area contributed by atoms with Crippen molar-refractivity contribution in [3.8, 4) is 11.1 Å². The Morgan fingerprint density at radius 1 is 0.816 bits per heavy atom. The van der Waals surface area contributed by atoms with Crippen molar-refractivity contribution in [2.24, 2.45) is 0 Å². The maximum absolute atomic E-state index is 13.7. The molecular formula is C33H32O5. The molecule has 0 aromatic heterocycles. The predicted molar refractivity (Wildman–Crippen MR) is 148 cm³/mol. The number of ether oxygens (including phenoxy) is 3. The molecule has 0 aliphatic heterocycles. The van der Waals surface area contributed by atoms with E-state index in [-0.39, 0.29) is 19.6 Å². The molecule has 38 heavy (non-hydrogen) atoms. The summed E-state index contributed by atoms with van der Waals surface area (Å²) in [5.74, 6) is -1.15. The van der Waals surface area contributed by atoms with Crippen LogP contribution in [0.2, 0.25) is 0 Å². The van der Waals surface area contributed by atoms with E-state index in [9.17, 15) is 9.59 Å². The second-order valence-corrected chi connectivity index (χ2v) is 9.47. The molecule has 0 bridgehead atoms. The van der Waals surface area contributed by atoms with Crippen molar-refractivity contribution in [3.63, 3.8) is 0 Å². The maximum Gasteiger partial charge on any atom is 0.328 e. The van der Waals surface area contributed by atoms with Gasteiger partial charge in [0.25, 0.3) is 0 Å². The van der Waals surface area contributed by atoms with Gasteiger partial charge in [0.05, 0.1) is 26.4 Å². The third-order valence-electron chi connectivity index (χ3n) is 7.21. The molecule has 0 amide bonds. The summed E-state index contributed by atoms with van der Waals surface area (Å²) in [5, 5.41) is 2.04. The lowest BCUT2D eigenvalue weighted by Gasteiger charge is -2.37. The Balaban J connectivity index is 1.69. The monoisotopic (exact) mass is 508 g/mol. The Bertz CT molecular complexity index is 1440. The Kier molecular flexibility index (Phi) is 7.57. The first kappa shape index (κ1) is 25.7. The van der Waals surface area contributed by atoms with Gasteiger partial charge < -0.3 is 14.2 Å². The first-order chi connectivity index (χ1) is 18.6. The van der Waals surface area contributed by atoms with Crippen LogP contribution in [-0.4, -0.2) is 31.8 Å². The lowest BCUT2D eigenvalue weighted by Crippen LogP contribution is -2.50. The van der Waals surface area contributed by atoms with Crippen LogP contribution in [0.25, 0.3) is 21.9 Å². The molecule has 4 aromatic rings. The van der Waals surface area contributed by atoms with Crippen LogP contribution in [0.3, 0.4) is 0 Å². The van der Waals surface area contributed by atoms with Crippen molar-refractivity contribution in [1.82, 2.24) is 0 Å². The van der Waals surface area contributed by atoms with Crippen LogP contribution in [0.4, 0.5) is 0 Å². The van der Waals surface area contributed by atoms with Crippen molar-refractivity contribution in [2.45, 2.75) is 38.7 Å². The summed E-state index contributed by atoms with van der Waals surface area (Å²) < 4.78 is 17.2. The number of esters is 2. The molecule has 0 radical (unpaired) electrons. The largest absolute Gasteiger partial charge is 0.465 e. The van der Waals surface area contributed by atoms with Crippen molar-refractivity contribution >= 4 is 22.7 Å². The van der Waals surface area contributed by atoms with Crippen LogP contribution in [-0.2, 0) is 48.7 Å². The molecule has 1 aliphatic carbocycles. The maximum atomic E-state index is 13.7. The molecule has 0 N–H and O–H groups in total. The molecule has 0 spiro atoms. The highest BCUT2D eigenvalue weighted by Crippen LogP contribution is 2.48. The third-order valence-corrected chi connectivity index (χ3v) is 7.21. The van der Waals surface area contributed by atoms with Crippen molar-refractivity contribution in [2.75, 3.05) is 19.8 Å². The van der Waals surface area contributed by atoms with Gasteiger partial charge in [0.2, 0.25) is 0 Å². The number of hydrogen-bond donors (Lipinski definition) is 0. The zero-order valence-corrected chi connectivity index (χ0v) is 21.9. The van der Waals surface area contributed by atoms with E-state index in [0.29, 0.717) is 25.2 Å². The summed E-state index contributed by atoms with van der Waals surface area (Å²) in [6.45, 7) is 4.85. The molecule has 1 aliphatic rings. The van der Waals surface area contributed by atoms with Crippen LogP contribution in [0, 0.1) is 0 Å². The van der Waals surface area contributed by atoms with Crippen LogP contribution < -0.4 is 0 Å². The van der Waals surface area contributed by atoms with Gasteiger partial charge in [0, 0.05) is 6.42 Å². The van der Waals surface area contributed by atoms with Gasteiger partial charge in [-0.25, -0.2) is 0 Å². The molecule has 4 aromatic carbocycles. The molecule has 0 unspecified atom stereocenters. The highest BCUT2D eigenvalue weighted by Gasteiger charge is 2.54. The molecule has 5 heteroatoms. The number of benzene rings is 4. The summed E-state index contributed by atoms with van der Waals surface area (Å²) in [7, 11) is 0. The van der Waals surface area contributed by atoms with Crippen LogP contribution in [0.5, 0.6) is 0 Å². The van der Waals surface area contributed by atoms with E-state index in [1.807, 2.05) is 72.8 Å². The topological polar surface area (TPSA) is 61.8 Å². The minimum Gasteiger partial charge on any atom is -0.465 e. The standard InChI is InChI=1S/C33H32O5/c1-3-37-31(34)33(32(35)38-4-2)21-25-15-9-11-17-27(25)30-28(18-19-36-22-23-12-6-5-7-13-23)26-16-10-8-14-24(26)20-29(30)33/h5-17,20H,3-4,18-19,21-22H2,1-2H3. The molecule has 0 atom stereocenters. The van der Waals surface area contributed by atoms with E-state index < -0.39 is 17.4 Å². The minimum absolute atomic E-state index is 0.171. The SMILES string of the molecule is CCOC(=O)C1(C(=O)OCC)Cc2ccccc2-c2c1cc1ccccc1c2CCOCc1ccccc1. The van der Waals surface area contributed by atoms with Gasteiger partial charge in [-0.3, -0.25) is 9.59 Å². The van der Waals surface area contributed by atoms with E-state index in [1.54, 1.807) is 13.8 Å². The predicted octanol–water partition coefficient (Wildman–Crippen LogP) is 6.19. The van der Waals surface area contributed by atoms with E-state index in [1.165, 1.54) is 0 Å². The Labute approximate surface area is 223 Å². The van der Waals surface area contributed by atoms with E-state index >= 15 is 0 Å². The molecule has 0 fully saturated rings. The fourth-order valence-electron chi connectivity index (χ4n) is 5.52. The summed E-state index contributed by atoms with van der Waals surface area (Å²) in [4.78, 5) is 27.5. The average Bonchev–Trinajstić information content (AvgIpc) is 2.95. The van der Waals surface area contributed by atoms with Crippen LogP contribution in [0.1, 0.15) is 36.1 Å². The average molecular weight is 509 g/mol. The molecule has 0 saturated heterocycles. The molecule has 5 rings (SSSR count). The van der Waals surface area contributed by atoms with Gasteiger partial charge in [0.15, 0.2) is 5.41 Å². The van der Waals surface area contributed by atoms with Gasteiger partial charge in [-0.2, -0.15) is 0 Å². The normalized spacial score (nSPS) is 13.4. The van der Waals surface area contributed by atoms with Gasteiger partial charge >= 0.3 is 11.9 Å². The zero-order chi connectivity index (χ0) is 26.5. The first-order valence-electron chi connectivity index (χ1n) is 13.2. The lowest BCUT2D eigenvalue weighted by molar-refractivity contribution is -0.165. The Hall–Kier alpha value is -3.96. The van der Waals surface area contributed by atoms with Crippen LogP contribution >= 0.6 is 0 Å². The van der Waals surface area contributed by atoms with E-state index in [4.69, 9.17) is 14.2 Å². The fourth-order valence-corrected chi connectivity index (χ4v) is 5.52. The molecule has 5 nitrogen and oxygen atoms in total. The molecule has 0 saturated carbocycles. The molecule has 0 heterocycles. The minimum atomic E-state index is -1.58. The third kappa shape index (κ3) is 4.59. The Morgan fingerprint density at radius 3 is 2.21 bits per heavy atom. The van der Waals surface area contributed by atoms with Gasteiger partial charge in [-0.15, -0.1) is 0 Å². The highest BCUT2D eigenvalue weighted by atomic mass is 16.6. The van der Waals surface area contributed by atoms with Crippen molar-refractivity contribution in [1.29, 1.82) is 0 Å². The second kappa shape index (κ2) is 11.2. The van der Waals surface area contributed by atoms with Gasteiger partial charge in [0.1, 0.15) is 0 Å². The highest BCUT2D eigenvalue weighted by molar-refractivity contribution is 6.11. The van der Waals surface area contributed by atoms with Crippen molar-refractivity contribution in [3.05, 3.63) is 107 Å². The van der Waals surface area contributed by atoms with Crippen LogP contribution in [0.15, 0.2) is 84.9 Å². The number of fused-ring (bicyclic) bond motifs is 4. The second-order valence-electron chi connectivity index (χ2n) is 9.47. The number of carbonyl (C=O) groups is 2. The molecule has 194 valence electrons. The lowest BCUT2D eigenvalue weighted by atomic mass is 9.65. The summed E-state index contributed by atoms with van der Waals surface area (Å²) in [5.41, 5.74) is 4.07. The zero-order valence-electron chi connectivity index (χ0n) is 21.9. The number of carbonyl (C=O) groups excluding carboxylic acids is 2. The number of hydrogen-bond acceptors (Lipinski definition) is 5. The fraction of sp³-hybridized carbons (Fsp3) is 0.273. The van der Waals surface area contributed by atoms with E-state index in [0.717, 1.165) is 38.6 Å². The van der Waals surface area contributed by atoms with Gasteiger partial charge in [-0.05, 0) is 70.5 Å². The summed E-state index contributed by atoms with van der Waals surface area (Å²) in [6, 6.07) is 28.1. The Morgan fingerprint density at radius 2 is 1.47 bits per heavy atom. The smallest absolute Gasteiger partial charge is 0.328 e. The van der Waals surface area contributed by atoms with Gasteiger partial charge in [-0.1, -0.05) is 78.9 Å². The summed E-state index contributed by atoms with van der Waals surface area (Å²) in [6.07, 6.45) is 0.808.